The molecule has 0 heterocycles. The van der Waals surface area contributed by atoms with Crippen molar-refractivity contribution < 1.29 is 4.79 Å². The van der Waals surface area contributed by atoms with Crippen LogP contribution in [0.15, 0.2) is 82.0 Å². The predicted molar refractivity (Wildman–Crippen MR) is 104 cm³/mol. The van der Waals surface area contributed by atoms with Crippen molar-refractivity contribution in [3.63, 3.8) is 0 Å². The lowest BCUT2D eigenvalue weighted by Crippen LogP contribution is -2.15. The van der Waals surface area contributed by atoms with Crippen molar-refractivity contribution in [2.24, 2.45) is 10.2 Å². The summed E-state index contributed by atoms with van der Waals surface area (Å²) in [6.07, 6.45) is 1.71. The second-order valence-electron chi connectivity index (χ2n) is 5.95. The van der Waals surface area contributed by atoms with Crippen molar-refractivity contribution in [1.29, 1.82) is 0 Å². The van der Waals surface area contributed by atoms with Gasteiger partial charge in [0, 0.05) is 21.0 Å². The molecule has 3 rings (SSSR count). The molecule has 0 radical (unpaired) electrons. The Hall–Kier alpha value is -3.79. The largest absolute Gasteiger partial charge is 0.289 e. The first kappa shape index (κ1) is 18.0. The Morgan fingerprint density at radius 1 is 0.741 bits per heavy atom. The molecule has 0 N–H and O–H groups in total. The fourth-order valence-electron chi connectivity index (χ4n) is 3.17. The topological polar surface area (TPSA) is 115 Å². The van der Waals surface area contributed by atoms with Gasteiger partial charge in [-0.15, -0.1) is 0 Å². The summed E-state index contributed by atoms with van der Waals surface area (Å²) in [6.45, 7) is 0. The number of Topliss-reactive ketones (excluding diaryl/α,β-unsaturated/α-hetero) is 1. The zero-order chi connectivity index (χ0) is 19.1. The van der Waals surface area contributed by atoms with Gasteiger partial charge in [0.05, 0.1) is 11.4 Å². The van der Waals surface area contributed by atoms with E-state index < -0.39 is 0 Å². The zero-order valence-corrected chi connectivity index (χ0v) is 14.5. The number of benzene rings is 2. The molecule has 27 heavy (non-hydrogen) atoms. The minimum absolute atomic E-state index is 0.237. The van der Waals surface area contributed by atoms with Gasteiger partial charge in [-0.25, -0.2) is 0 Å². The summed E-state index contributed by atoms with van der Waals surface area (Å²) in [6, 6.07) is 18.2. The Labute approximate surface area is 155 Å². The van der Waals surface area contributed by atoms with Crippen molar-refractivity contribution in [2.75, 3.05) is 0 Å². The number of carbonyl (C=O) groups excluding carboxylic acids is 1. The Morgan fingerprint density at radius 3 is 1.52 bits per heavy atom. The quantitative estimate of drug-likeness (QED) is 0.276. The van der Waals surface area contributed by atoms with E-state index in [1.165, 1.54) is 0 Å². The van der Waals surface area contributed by atoms with Gasteiger partial charge in [0.1, 0.15) is 0 Å². The molecular weight excluding hydrogens is 340 g/mol. The van der Waals surface area contributed by atoms with Crippen molar-refractivity contribution in [3.8, 4) is 0 Å². The van der Waals surface area contributed by atoms with Crippen molar-refractivity contribution in [3.05, 3.63) is 104 Å². The van der Waals surface area contributed by atoms with Crippen molar-refractivity contribution in [1.82, 2.24) is 0 Å². The van der Waals surface area contributed by atoms with Gasteiger partial charge in [-0.05, 0) is 41.5 Å². The molecule has 0 spiro atoms. The normalized spacial score (nSPS) is 17.4. The van der Waals surface area contributed by atoms with Crippen LogP contribution in [0, 0.1) is 0 Å². The summed E-state index contributed by atoms with van der Waals surface area (Å²) < 4.78 is 0. The molecule has 0 aliphatic heterocycles. The van der Waals surface area contributed by atoms with E-state index >= 15 is 0 Å². The van der Waals surface area contributed by atoms with Crippen LogP contribution in [0.2, 0.25) is 0 Å². The summed E-state index contributed by atoms with van der Waals surface area (Å²) >= 11 is 0. The first-order chi connectivity index (χ1) is 13.3. The van der Waals surface area contributed by atoms with Crippen LogP contribution in [0.4, 0.5) is 0 Å². The standard InChI is InChI=1S/C20H16N6O/c21-25-23-18(14-8-3-1-4-9-14)16-12-7-13-17(20(16)27)19(24-26-22)15-10-5-2-6-11-15/h1-6,8-11H,7,12-13H2. The number of ketones is 1. The summed E-state index contributed by atoms with van der Waals surface area (Å²) in [4.78, 5) is 19.0. The molecule has 1 aliphatic carbocycles. The van der Waals surface area contributed by atoms with E-state index in [0.717, 1.165) is 0 Å². The molecule has 7 heteroatoms. The van der Waals surface area contributed by atoms with Gasteiger partial charge < -0.3 is 0 Å². The van der Waals surface area contributed by atoms with Gasteiger partial charge >= 0.3 is 0 Å². The molecule has 1 saturated carbocycles. The SMILES string of the molecule is [N-]=[N+]=NC(=C1CCCC(=C(N=[N+]=[N-])c2ccccc2)C1=O)c1ccccc1. The van der Waals surface area contributed by atoms with Crippen molar-refractivity contribution >= 4 is 17.2 Å². The molecule has 0 saturated heterocycles. The minimum Gasteiger partial charge on any atom is -0.289 e. The first-order valence-corrected chi connectivity index (χ1v) is 8.48. The van der Waals surface area contributed by atoms with E-state index in [1.807, 2.05) is 36.4 Å². The molecule has 0 amide bonds. The van der Waals surface area contributed by atoms with E-state index in [-0.39, 0.29) is 5.78 Å². The number of rotatable bonds is 4. The lowest BCUT2D eigenvalue weighted by Gasteiger charge is -2.21. The van der Waals surface area contributed by atoms with Gasteiger partial charge in [-0.2, -0.15) is 0 Å². The van der Waals surface area contributed by atoms with Crippen LogP contribution in [0.3, 0.4) is 0 Å². The van der Waals surface area contributed by atoms with Gasteiger partial charge in [-0.3, -0.25) is 4.79 Å². The lowest BCUT2D eigenvalue weighted by atomic mass is 9.84. The number of azide groups is 2. The van der Waals surface area contributed by atoms with Gasteiger partial charge in [-0.1, -0.05) is 70.9 Å². The molecular formula is C20H16N6O. The average molecular weight is 356 g/mol. The number of allylic oxidation sites excluding steroid dienone is 2. The molecule has 2 aromatic carbocycles. The number of nitrogens with zero attached hydrogens (tertiary/aromatic N) is 6. The average Bonchev–Trinajstić information content (AvgIpc) is 2.72. The third-order valence-corrected chi connectivity index (χ3v) is 4.36. The van der Waals surface area contributed by atoms with E-state index in [4.69, 9.17) is 11.1 Å². The maximum Gasteiger partial charge on any atom is 0.185 e. The Balaban J connectivity index is 2.19. The first-order valence-electron chi connectivity index (χ1n) is 8.48. The summed E-state index contributed by atoms with van der Waals surface area (Å²) in [5.74, 6) is -0.237. The molecule has 1 fully saturated rings. The third kappa shape index (κ3) is 3.90. The molecule has 0 unspecified atom stereocenters. The van der Waals surface area contributed by atoms with Crippen molar-refractivity contribution in [2.45, 2.75) is 19.3 Å². The maximum atomic E-state index is 13.2. The van der Waals surface area contributed by atoms with E-state index in [9.17, 15) is 4.79 Å². The summed E-state index contributed by atoms with van der Waals surface area (Å²) in [7, 11) is 0. The maximum absolute atomic E-state index is 13.2. The highest BCUT2D eigenvalue weighted by Gasteiger charge is 2.26. The second-order valence-corrected chi connectivity index (χ2v) is 5.95. The van der Waals surface area contributed by atoms with E-state index in [1.54, 1.807) is 24.3 Å². The van der Waals surface area contributed by atoms with Crippen LogP contribution in [0.5, 0.6) is 0 Å². The Morgan fingerprint density at radius 2 is 1.15 bits per heavy atom. The van der Waals surface area contributed by atoms with Crippen LogP contribution in [-0.2, 0) is 4.79 Å². The third-order valence-electron chi connectivity index (χ3n) is 4.36. The molecule has 7 nitrogen and oxygen atoms in total. The zero-order valence-electron chi connectivity index (χ0n) is 14.5. The smallest absolute Gasteiger partial charge is 0.185 e. The number of carbonyl (C=O) groups is 1. The lowest BCUT2D eigenvalue weighted by molar-refractivity contribution is -0.112. The molecule has 2 aromatic rings. The molecule has 132 valence electrons. The fraction of sp³-hybridized carbons (Fsp3) is 0.150. The summed E-state index contributed by atoms with van der Waals surface area (Å²) in [5, 5.41) is 7.59. The van der Waals surface area contributed by atoms with Gasteiger partial charge in [0.2, 0.25) is 0 Å². The van der Waals surface area contributed by atoms with Crippen LogP contribution in [0.25, 0.3) is 32.3 Å². The minimum atomic E-state index is -0.237. The van der Waals surface area contributed by atoms with Crippen LogP contribution in [-0.4, -0.2) is 5.78 Å². The van der Waals surface area contributed by atoms with Crippen LogP contribution < -0.4 is 0 Å². The van der Waals surface area contributed by atoms with Gasteiger partial charge in [0.15, 0.2) is 5.78 Å². The molecule has 1 aliphatic rings. The van der Waals surface area contributed by atoms with Crippen LogP contribution in [0.1, 0.15) is 30.4 Å². The molecule has 0 atom stereocenters. The number of hydrogen-bond acceptors (Lipinski definition) is 3. The Kier molecular flexibility index (Phi) is 5.70. The predicted octanol–water partition coefficient (Wildman–Crippen LogP) is 6.18. The van der Waals surface area contributed by atoms with Crippen LogP contribution >= 0.6 is 0 Å². The highest BCUT2D eigenvalue weighted by Crippen LogP contribution is 2.36. The fourth-order valence-corrected chi connectivity index (χ4v) is 3.17. The molecule has 0 aromatic heterocycles. The summed E-state index contributed by atoms with van der Waals surface area (Å²) in [5.41, 5.74) is 20.9. The molecule has 0 bridgehead atoms. The highest BCUT2D eigenvalue weighted by atomic mass is 16.1. The second kappa shape index (κ2) is 8.54. The number of hydrogen-bond donors (Lipinski definition) is 0. The van der Waals surface area contributed by atoms with E-state index in [2.05, 4.69) is 20.1 Å². The van der Waals surface area contributed by atoms with Gasteiger partial charge in [0.25, 0.3) is 0 Å². The van der Waals surface area contributed by atoms with E-state index in [0.29, 0.717) is 52.9 Å². The Bertz CT molecular complexity index is 929. The monoisotopic (exact) mass is 356 g/mol. The highest BCUT2D eigenvalue weighted by molar-refractivity contribution is 6.16.